The Morgan fingerprint density at radius 2 is 1.95 bits per heavy atom. The van der Waals surface area contributed by atoms with Crippen molar-refractivity contribution >= 4 is 41.8 Å². The van der Waals surface area contributed by atoms with Crippen LogP contribution in [0.15, 0.2) is 46.2 Å². The zero-order valence-corrected chi connectivity index (χ0v) is 28.1. The first-order chi connectivity index (χ1) is 20.2. The molecule has 1 aromatic carbocycles. The summed E-state index contributed by atoms with van der Waals surface area (Å²) in [5, 5.41) is 2.44. The molecule has 5 atom stereocenters. The van der Waals surface area contributed by atoms with Gasteiger partial charge in [0, 0.05) is 36.2 Å². The molecule has 1 saturated heterocycles. The van der Waals surface area contributed by atoms with Gasteiger partial charge in [0.25, 0.3) is 8.53 Å². The number of aromatic nitrogens is 2. The van der Waals surface area contributed by atoms with Crippen LogP contribution in [-0.2, 0) is 25.0 Å². The van der Waals surface area contributed by atoms with E-state index in [9.17, 15) is 9.59 Å². The van der Waals surface area contributed by atoms with Gasteiger partial charge in [0.15, 0.2) is 12.4 Å². The Kier molecular flexibility index (Phi) is 12.3. The van der Waals surface area contributed by atoms with Crippen LogP contribution in [0.25, 0.3) is 0 Å². The normalized spacial score (nSPS) is 22.1. The Bertz CT molecular complexity index is 1260. The van der Waals surface area contributed by atoms with Crippen molar-refractivity contribution in [1.82, 2.24) is 14.2 Å². The summed E-state index contributed by atoms with van der Waals surface area (Å²) in [5.41, 5.74) is 0.375. The summed E-state index contributed by atoms with van der Waals surface area (Å²) in [6, 6.07) is 9.71. The number of halogens is 1. The molecule has 1 aliphatic heterocycles. The Balaban J connectivity index is 1.79. The fraction of sp³-hybridized carbons (Fsp3) is 0.621. The quantitative estimate of drug-likeness (QED) is 0.183. The maximum absolute atomic E-state index is 16.1. The third kappa shape index (κ3) is 9.74. The van der Waals surface area contributed by atoms with Gasteiger partial charge in [0.05, 0.1) is 12.7 Å². The van der Waals surface area contributed by atoms with Crippen molar-refractivity contribution in [2.45, 2.75) is 115 Å². The highest BCUT2D eigenvalue weighted by atomic mass is 33.1. The summed E-state index contributed by atoms with van der Waals surface area (Å²) in [7, 11) is 1.80. The van der Waals surface area contributed by atoms with E-state index in [2.05, 4.69) is 47.9 Å². The molecule has 1 aromatic heterocycles. The van der Waals surface area contributed by atoms with Gasteiger partial charge in [-0.15, -0.1) is 0 Å². The van der Waals surface area contributed by atoms with Crippen LogP contribution in [0, 0.1) is 0 Å². The highest BCUT2D eigenvalue weighted by molar-refractivity contribution is 8.77. The lowest BCUT2D eigenvalue weighted by molar-refractivity contribution is -0.114. The fourth-order valence-electron chi connectivity index (χ4n) is 4.32. The molecule has 1 aliphatic rings. The van der Waals surface area contributed by atoms with E-state index in [0.717, 1.165) is 10.1 Å². The number of carbonyl (C=O) groups is 1. The lowest BCUT2D eigenvalue weighted by atomic mass is 10.2. The van der Waals surface area contributed by atoms with Crippen LogP contribution >= 0.6 is 30.1 Å². The minimum atomic E-state index is -1.76. The predicted octanol–water partition coefficient (Wildman–Crippen LogP) is 6.99. The van der Waals surface area contributed by atoms with E-state index in [1.807, 2.05) is 39.8 Å². The van der Waals surface area contributed by atoms with Gasteiger partial charge < -0.3 is 19.1 Å². The van der Waals surface area contributed by atoms with Crippen LogP contribution < -0.4 is 11.0 Å². The number of carbonyl (C=O) groups excluding carboxylic acids is 1. The molecule has 0 aliphatic carbocycles. The monoisotopic (exact) mass is 643 g/mol. The van der Waals surface area contributed by atoms with Gasteiger partial charge in [-0.2, -0.15) is 4.98 Å². The van der Waals surface area contributed by atoms with E-state index in [1.165, 1.54) is 24.1 Å². The van der Waals surface area contributed by atoms with E-state index >= 15 is 4.39 Å². The highest BCUT2D eigenvalue weighted by Gasteiger charge is 2.48. The summed E-state index contributed by atoms with van der Waals surface area (Å²) in [4.78, 5) is 29.0. The number of benzene rings is 1. The number of hydrogen-bond donors (Lipinski definition) is 1. The summed E-state index contributed by atoms with van der Waals surface area (Å²) in [6.45, 7) is 16.0. The van der Waals surface area contributed by atoms with Crippen molar-refractivity contribution < 1.29 is 24.3 Å². The van der Waals surface area contributed by atoms with Gasteiger partial charge in [-0.1, -0.05) is 60.6 Å². The Morgan fingerprint density at radius 1 is 1.26 bits per heavy atom. The molecular weight excluding hydrogens is 598 g/mol. The van der Waals surface area contributed by atoms with Crippen molar-refractivity contribution in [3.63, 3.8) is 0 Å². The molecule has 0 bridgehead atoms. The lowest BCUT2D eigenvalue weighted by Gasteiger charge is -2.37. The summed E-state index contributed by atoms with van der Waals surface area (Å²) < 4.78 is 45.9. The molecule has 0 saturated carbocycles. The lowest BCUT2D eigenvalue weighted by Crippen LogP contribution is -2.38. The molecule has 13 heteroatoms. The van der Waals surface area contributed by atoms with Gasteiger partial charge in [-0.25, -0.2) is 13.9 Å². The van der Waals surface area contributed by atoms with Crippen LogP contribution in [0.2, 0.25) is 0 Å². The van der Waals surface area contributed by atoms with E-state index in [0.29, 0.717) is 13.0 Å². The Labute approximate surface area is 259 Å². The molecular formula is C29H44FN4O5PS2. The van der Waals surface area contributed by atoms with Gasteiger partial charge in [0.1, 0.15) is 11.9 Å². The van der Waals surface area contributed by atoms with Gasteiger partial charge in [0.2, 0.25) is 5.91 Å². The van der Waals surface area contributed by atoms with Crippen molar-refractivity contribution in [2.75, 3.05) is 11.9 Å². The minimum Gasteiger partial charge on any atom is -0.349 e. The number of nitrogens with zero attached hydrogens (tertiary/aromatic N) is 3. The maximum atomic E-state index is 16.1. The average molecular weight is 644 g/mol. The number of alkyl halides is 1. The maximum Gasteiger partial charge on any atom is 0.351 e. The first-order valence-corrected chi connectivity index (χ1v) is 17.3. The zero-order chi connectivity index (χ0) is 31.9. The standard InChI is InChI=1S/C29H44FN4O5PS2/c1-18(2)34(19(3)4)40(37-17-15-22-12-10-11-13-23(22)41-42-29(7,8)9)39-26-20(5)38-27(25(26)30)33-16-14-24(31-21(6)35)32-28(33)36/h10-14,16,18-20,25-27H,15,17H2,1-9H3,(H,31,32,35,36)/i5D. The molecule has 234 valence electrons. The molecule has 0 spiro atoms. The second kappa shape index (κ2) is 15.5. The third-order valence-electron chi connectivity index (χ3n) is 6.06. The molecule has 2 heterocycles. The van der Waals surface area contributed by atoms with E-state index in [1.54, 1.807) is 21.6 Å². The van der Waals surface area contributed by atoms with Crippen molar-refractivity contribution in [2.24, 2.45) is 0 Å². The van der Waals surface area contributed by atoms with Gasteiger partial charge >= 0.3 is 5.69 Å². The molecule has 1 fully saturated rings. The average Bonchev–Trinajstić information content (AvgIpc) is 3.21. The second-order valence-electron chi connectivity index (χ2n) is 11.5. The highest BCUT2D eigenvalue weighted by Crippen LogP contribution is 2.50. The van der Waals surface area contributed by atoms with Crippen molar-refractivity contribution in [1.29, 1.82) is 0 Å². The van der Waals surface area contributed by atoms with Gasteiger partial charge in [-0.3, -0.25) is 9.36 Å². The van der Waals surface area contributed by atoms with Crippen molar-refractivity contribution in [3.05, 3.63) is 52.6 Å². The second-order valence-corrected chi connectivity index (χ2v) is 15.9. The van der Waals surface area contributed by atoms with Gasteiger partial charge in [-0.05, 0) is 58.7 Å². The molecule has 1 amide bonds. The molecule has 2 aromatic rings. The van der Waals surface area contributed by atoms with Crippen LogP contribution in [0.3, 0.4) is 0 Å². The SMILES string of the molecule is [2H]CC1OC(n2ccc(NC(C)=O)nc2=O)C(F)C1OP(OCCc1ccccc1SSC(C)(C)C)N(C(C)C)C(C)C. The molecule has 0 radical (unpaired) electrons. The van der Waals surface area contributed by atoms with E-state index in [4.69, 9.17) is 15.2 Å². The van der Waals surface area contributed by atoms with Crippen LogP contribution in [0.1, 0.15) is 75.5 Å². The first kappa shape index (κ1) is 33.4. The molecule has 9 nitrogen and oxygen atoms in total. The molecule has 42 heavy (non-hydrogen) atoms. The molecule has 3 rings (SSSR count). The van der Waals surface area contributed by atoms with E-state index in [-0.39, 0.29) is 35.5 Å². The topological polar surface area (TPSA) is 94.9 Å². The number of ether oxygens (including phenoxy) is 1. The molecule has 1 N–H and O–H groups in total. The first-order valence-electron chi connectivity index (χ1n) is 14.7. The Morgan fingerprint density at radius 3 is 2.55 bits per heavy atom. The van der Waals surface area contributed by atoms with Crippen LogP contribution in [-0.4, -0.2) is 61.9 Å². The fourth-order valence-corrected chi connectivity index (χ4v) is 8.35. The summed E-state index contributed by atoms with van der Waals surface area (Å²) in [5.74, 6) is -0.322. The summed E-state index contributed by atoms with van der Waals surface area (Å²) >= 11 is 0. The number of amides is 1. The van der Waals surface area contributed by atoms with Crippen molar-refractivity contribution in [3.8, 4) is 0 Å². The number of anilines is 1. The van der Waals surface area contributed by atoms with Crippen LogP contribution in [0.5, 0.6) is 0 Å². The minimum absolute atomic E-state index is 0.0379. The zero-order valence-electron chi connectivity index (χ0n) is 26.6. The number of hydrogen-bond acceptors (Lipinski definition) is 9. The van der Waals surface area contributed by atoms with Crippen LogP contribution in [0.4, 0.5) is 10.2 Å². The molecule has 5 unspecified atom stereocenters. The number of nitrogens with one attached hydrogen (secondary N) is 1. The largest absolute Gasteiger partial charge is 0.351 e. The number of rotatable bonds is 13. The van der Waals surface area contributed by atoms with E-state index < -0.39 is 38.8 Å². The smallest absolute Gasteiger partial charge is 0.349 e. The Hall–Kier alpha value is -1.53. The predicted molar refractivity (Wildman–Crippen MR) is 170 cm³/mol. The summed E-state index contributed by atoms with van der Waals surface area (Å²) in [6.07, 6.45) is -3.19. The third-order valence-corrected chi connectivity index (χ3v) is 11.6.